The molecule has 0 radical (unpaired) electrons. The Labute approximate surface area is 177 Å². The monoisotopic (exact) mass is 429 g/mol. The van der Waals surface area contributed by atoms with E-state index in [0.717, 1.165) is 35.8 Å². The van der Waals surface area contributed by atoms with E-state index in [9.17, 15) is 14.4 Å². The second-order valence-corrected chi connectivity index (χ2v) is 6.50. The number of hydrogen-bond acceptors (Lipinski definition) is 5. The molecular formula is C21H20ClN3O5. The van der Waals surface area contributed by atoms with Crippen molar-refractivity contribution in [3.8, 4) is 0 Å². The van der Waals surface area contributed by atoms with Gasteiger partial charge in [0.15, 0.2) is 6.29 Å². The van der Waals surface area contributed by atoms with Crippen LogP contribution in [0.15, 0.2) is 61.1 Å². The van der Waals surface area contributed by atoms with Crippen LogP contribution in [-0.2, 0) is 9.59 Å². The van der Waals surface area contributed by atoms with Crippen LogP contribution in [0.25, 0.3) is 10.9 Å². The van der Waals surface area contributed by atoms with Crippen molar-refractivity contribution in [2.45, 2.75) is 13.3 Å². The first-order valence-corrected chi connectivity index (χ1v) is 9.32. The number of anilines is 1. The molecule has 2 aromatic heterocycles. The van der Waals surface area contributed by atoms with Crippen LogP contribution in [-0.4, -0.2) is 44.6 Å². The third-order valence-corrected chi connectivity index (χ3v) is 4.11. The van der Waals surface area contributed by atoms with Gasteiger partial charge in [-0.2, -0.15) is 0 Å². The van der Waals surface area contributed by atoms with E-state index in [1.807, 2.05) is 41.3 Å². The van der Waals surface area contributed by atoms with Gasteiger partial charge in [-0.05, 0) is 36.8 Å². The van der Waals surface area contributed by atoms with Crippen LogP contribution < -0.4 is 5.01 Å². The van der Waals surface area contributed by atoms with Crippen LogP contribution in [0.2, 0.25) is 5.02 Å². The number of carboxylic acids is 2. The van der Waals surface area contributed by atoms with Gasteiger partial charge in [0.1, 0.15) is 0 Å². The number of fused-ring (bicyclic) bond motifs is 1. The second-order valence-electron chi connectivity index (χ2n) is 6.07. The molecule has 3 rings (SSSR count). The molecule has 0 fully saturated rings. The summed E-state index contributed by atoms with van der Waals surface area (Å²) in [5, 5.41) is 19.5. The summed E-state index contributed by atoms with van der Waals surface area (Å²) >= 11 is 6.05. The van der Waals surface area contributed by atoms with E-state index in [1.54, 1.807) is 12.3 Å². The molecular weight excluding hydrogens is 410 g/mol. The highest BCUT2D eigenvalue weighted by Crippen LogP contribution is 2.28. The number of benzene rings is 1. The Kier molecular flexibility index (Phi) is 8.13. The average molecular weight is 430 g/mol. The zero-order chi connectivity index (χ0) is 22.1. The molecule has 0 aliphatic carbocycles. The maximum absolute atomic E-state index is 10.9. The van der Waals surface area contributed by atoms with Crippen molar-refractivity contribution in [2.75, 3.05) is 11.6 Å². The number of carboxylic acid groups (broad SMARTS) is 2. The fraction of sp³-hybridized carbons (Fsp3) is 0.143. The Morgan fingerprint density at radius 3 is 2.43 bits per heavy atom. The molecule has 0 saturated heterocycles. The lowest BCUT2D eigenvalue weighted by Gasteiger charge is -2.26. The van der Waals surface area contributed by atoms with E-state index in [1.165, 1.54) is 0 Å². The highest BCUT2D eigenvalue weighted by molar-refractivity contribution is 6.31. The number of aldehydes is 1. The van der Waals surface area contributed by atoms with Gasteiger partial charge in [0, 0.05) is 53.3 Å². The first-order valence-electron chi connectivity index (χ1n) is 8.95. The molecule has 3 aromatic rings. The molecule has 156 valence electrons. The fourth-order valence-corrected chi connectivity index (χ4v) is 2.83. The lowest BCUT2D eigenvalue weighted by atomic mass is 10.2. The summed E-state index contributed by atoms with van der Waals surface area (Å²) in [5.74, 6) is -2.51. The van der Waals surface area contributed by atoms with Gasteiger partial charge in [-0.1, -0.05) is 18.5 Å². The molecule has 0 aliphatic heterocycles. The summed E-state index contributed by atoms with van der Waals surface area (Å²) in [5.41, 5.74) is 2.55. The Bertz CT molecular complexity index is 1060. The maximum Gasteiger partial charge on any atom is 0.328 e. The Morgan fingerprint density at radius 1 is 1.17 bits per heavy atom. The number of pyridine rings is 1. The van der Waals surface area contributed by atoms with Crippen molar-refractivity contribution < 1.29 is 24.6 Å². The number of hydrogen-bond donors (Lipinski definition) is 2. The van der Waals surface area contributed by atoms with E-state index in [2.05, 4.69) is 16.9 Å². The largest absolute Gasteiger partial charge is 0.478 e. The number of carbonyl (C=O) groups excluding carboxylic acids is 1. The lowest BCUT2D eigenvalue weighted by molar-refractivity contribution is -0.134. The molecule has 0 amide bonds. The summed E-state index contributed by atoms with van der Waals surface area (Å²) < 4.78 is 1.94. The predicted octanol–water partition coefficient (Wildman–Crippen LogP) is 3.89. The van der Waals surface area contributed by atoms with Crippen LogP contribution in [0.5, 0.6) is 0 Å². The number of carbonyl (C=O) groups is 3. The van der Waals surface area contributed by atoms with Gasteiger partial charge in [-0.15, -0.1) is 0 Å². The number of halogens is 1. The fourth-order valence-electron chi connectivity index (χ4n) is 2.67. The number of nitrogens with zero attached hydrogens (tertiary/aromatic N) is 3. The standard InChI is InChI=1S/C17H16ClN3O.C4H4O4/c1-2-8-21(20-9-6-13(11-20)12-22)17-5-7-19-16-10-14(18)3-4-15(16)17;5-3(6)1-2-4(7)8/h3-7,9-12H,2,8H2,1H3;1-2H,(H,5,6)(H,7,8)/b;2-1-. The molecule has 2 N–H and O–H groups in total. The third kappa shape index (κ3) is 6.18. The number of aromatic nitrogens is 2. The topological polar surface area (TPSA) is 113 Å². The molecule has 0 atom stereocenters. The van der Waals surface area contributed by atoms with Crippen LogP contribution in [0.1, 0.15) is 23.7 Å². The number of aliphatic carboxylic acids is 2. The third-order valence-electron chi connectivity index (χ3n) is 3.88. The highest BCUT2D eigenvalue weighted by atomic mass is 35.5. The van der Waals surface area contributed by atoms with Gasteiger partial charge in [-0.25, -0.2) is 9.59 Å². The molecule has 1 aromatic carbocycles. The summed E-state index contributed by atoms with van der Waals surface area (Å²) in [7, 11) is 0. The Morgan fingerprint density at radius 2 is 1.87 bits per heavy atom. The maximum atomic E-state index is 10.9. The molecule has 0 saturated carbocycles. The zero-order valence-corrected chi connectivity index (χ0v) is 16.9. The van der Waals surface area contributed by atoms with E-state index >= 15 is 0 Å². The Balaban J connectivity index is 0.000000343. The molecule has 0 bridgehead atoms. The average Bonchev–Trinajstić information content (AvgIpc) is 3.19. The van der Waals surface area contributed by atoms with Crippen molar-refractivity contribution >= 4 is 46.4 Å². The lowest BCUT2D eigenvalue weighted by Crippen LogP contribution is -2.29. The van der Waals surface area contributed by atoms with Gasteiger partial charge in [-0.3, -0.25) is 19.5 Å². The van der Waals surface area contributed by atoms with Crippen LogP contribution in [0.4, 0.5) is 5.69 Å². The van der Waals surface area contributed by atoms with Crippen molar-refractivity contribution in [3.05, 3.63) is 71.7 Å². The van der Waals surface area contributed by atoms with Crippen LogP contribution in [0, 0.1) is 0 Å². The first-order chi connectivity index (χ1) is 14.3. The predicted molar refractivity (Wildman–Crippen MR) is 114 cm³/mol. The molecule has 0 unspecified atom stereocenters. The second kappa shape index (κ2) is 10.8. The van der Waals surface area contributed by atoms with Gasteiger partial charge in [0.25, 0.3) is 0 Å². The highest BCUT2D eigenvalue weighted by Gasteiger charge is 2.12. The quantitative estimate of drug-likeness (QED) is 0.432. The normalized spacial score (nSPS) is 10.5. The van der Waals surface area contributed by atoms with Crippen molar-refractivity contribution in [1.82, 2.24) is 9.66 Å². The zero-order valence-electron chi connectivity index (χ0n) is 16.1. The van der Waals surface area contributed by atoms with E-state index in [4.69, 9.17) is 21.8 Å². The van der Waals surface area contributed by atoms with E-state index < -0.39 is 11.9 Å². The molecule has 0 spiro atoms. The minimum Gasteiger partial charge on any atom is -0.478 e. The number of rotatable bonds is 7. The molecule has 0 aliphatic rings. The SMILES string of the molecule is CCCN(c1ccnc2cc(Cl)ccc12)n1ccc(C=O)c1.O=C(O)/C=C\C(=O)O. The van der Waals surface area contributed by atoms with Crippen molar-refractivity contribution in [1.29, 1.82) is 0 Å². The first kappa shape index (κ1) is 22.6. The van der Waals surface area contributed by atoms with Gasteiger partial charge >= 0.3 is 11.9 Å². The van der Waals surface area contributed by atoms with Crippen LogP contribution in [0.3, 0.4) is 0 Å². The van der Waals surface area contributed by atoms with Gasteiger partial charge < -0.3 is 10.2 Å². The van der Waals surface area contributed by atoms with Gasteiger partial charge in [0.2, 0.25) is 0 Å². The van der Waals surface area contributed by atoms with Gasteiger partial charge in [0.05, 0.1) is 11.2 Å². The molecule has 8 nitrogen and oxygen atoms in total. The minimum atomic E-state index is -1.26. The van der Waals surface area contributed by atoms with Crippen molar-refractivity contribution in [3.63, 3.8) is 0 Å². The van der Waals surface area contributed by atoms with E-state index in [-0.39, 0.29) is 0 Å². The molecule has 2 heterocycles. The summed E-state index contributed by atoms with van der Waals surface area (Å²) in [6, 6.07) is 9.48. The van der Waals surface area contributed by atoms with E-state index in [0.29, 0.717) is 22.7 Å². The molecule has 9 heteroatoms. The smallest absolute Gasteiger partial charge is 0.328 e. The summed E-state index contributed by atoms with van der Waals surface area (Å²) in [6.45, 7) is 2.95. The minimum absolute atomic E-state index is 0.558. The molecule has 30 heavy (non-hydrogen) atoms. The van der Waals surface area contributed by atoms with Crippen LogP contribution >= 0.6 is 11.6 Å². The summed E-state index contributed by atoms with van der Waals surface area (Å²) in [6.07, 6.45) is 8.44. The summed E-state index contributed by atoms with van der Waals surface area (Å²) in [4.78, 5) is 34.4. The van der Waals surface area contributed by atoms with Crippen molar-refractivity contribution in [2.24, 2.45) is 0 Å². The Hall–Kier alpha value is -3.65.